The Morgan fingerprint density at radius 1 is 0.917 bits per heavy atom. The molecule has 0 saturated heterocycles. The average Bonchev–Trinajstić information content (AvgIpc) is 2.91. The number of anilines is 1. The highest BCUT2D eigenvalue weighted by atomic mass is 32.2. The highest BCUT2D eigenvalue weighted by Crippen LogP contribution is 2.44. The Balaban J connectivity index is 1.57. The number of fused-ring (bicyclic) bond motifs is 2. The van der Waals surface area contributed by atoms with Gasteiger partial charge >= 0.3 is 5.97 Å². The molecule has 0 radical (unpaired) electrons. The fourth-order valence-electron chi connectivity index (χ4n) is 3.87. The maximum absolute atomic E-state index is 13.2. The molecule has 0 aliphatic heterocycles. The molecular weight excluding hydrogens is 496 g/mol. The topological polar surface area (TPSA) is 106 Å². The van der Waals surface area contributed by atoms with Crippen LogP contribution in [0.25, 0.3) is 21.7 Å². The number of sulfonamides is 1. The van der Waals surface area contributed by atoms with Crippen molar-refractivity contribution in [1.82, 2.24) is 4.98 Å². The summed E-state index contributed by atoms with van der Waals surface area (Å²) in [6, 6.07) is 23.7. The van der Waals surface area contributed by atoms with E-state index >= 15 is 0 Å². The summed E-state index contributed by atoms with van der Waals surface area (Å²) < 4.78 is 33.8. The molecule has 5 rings (SSSR count). The second-order valence-corrected chi connectivity index (χ2v) is 10.6. The summed E-state index contributed by atoms with van der Waals surface area (Å²) in [6.45, 7) is 0. The average molecular weight is 517 g/mol. The highest BCUT2D eigenvalue weighted by molar-refractivity contribution is 7.99. The van der Waals surface area contributed by atoms with Crippen LogP contribution in [0.1, 0.15) is 10.4 Å². The van der Waals surface area contributed by atoms with Crippen molar-refractivity contribution < 1.29 is 23.1 Å². The molecule has 0 amide bonds. The van der Waals surface area contributed by atoms with E-state index in [1.54, 1.807) is 36.5 Å². The number of carbonyl (C=O) groups excluding carboxylic acids is 1. The van der Waals surface area contributed by atoms with Crippen molar-refractivity contribution in [2.45, 2.75) is 14.7 Å². The molecule has 0 spiro atoms. The third-order valence-corrected chi connectivity index (χ3v) is 8.09. The number of hydrogen-bond donors (Lipinski definition) is 2. The van der Waals surface area contributed by atoms with Crippen molar-refractivity contribution in [1.29, 1.82) is 0 Å². The standard InChI is InChI=1S/C27H20N2O5S2/c1-34-27(31)18-11-13-19(14-12-18)36(32,33)29-22-16-24(26(30)21-9-3-2-8-20(21)22)35-23-10-4-6-17-7-5-15-28-25(17)23/h2-16,29-30H,1H3. The predicted molar refractivity (Wildman–Crippen MR) is 140 cm³/mol. The lowest BCUT2D eigenvalue weighted by atomic mass is 10.1. The van der Waals surface area contributed by atoms with Gasteiger partial charge in [-0.05, 0) is 42.5 Å². The number of ether oxygens (including phenoxy) is 1. The number of phenolic OH excluding ortho intramolecular Hbond substituents is 1. The van der Waals surface area contributed by atoms with Gasteiger partial charge < -0.3 is 9.84 Å². The monoisotopic (exact) mass is 516 g/mol. The minimum atomic E-state index is -4.00. The van der Waals surface area contributed by atoms with Crippen molar-refractivity contribution in [2.75, 3.05) is 11.8 Å². The Hall–Kier alpha value is -4.08. The van der Waals surface area contributed by atoms with Gasteiger partial charge in [0, 0.05) is 27.3 Å². The molecule has 1 heterocycles. The number of benzene rings is 4. The quantitative estimate of drug-likeness (QED) is 0.216. The molecule has 0 saturated carbocycles. The first kappa shape index (κ1) is 23.7. The summed E-state index contributed by atoms with van der Waals surface area (Å²) in [5.41, 5.74) is 1.34. The number of hydrogen-bond acceptors (Lipinski definition) is 7. The summed E-state index contributed by atoms with van der Waals surface area (Å²) in [4.78, 5) is 17.5. The molecule has 0 atom stereocenters. The molecule has 0 bridgehead atoms. The van der Waals surface area contributed by atoms with Crippen LogP contribution >= 0.6 is 11.8 Å². The normalized spacial score (nSPS) is 11.5. The van der Waals surface area contributed by atoms with Crippen LogP contribution in [-0.2, 0) is 14.8 Å². The van der Waals surface area contributed by atoms with Gasteiger partial charge in [0.2, 0.25) is 0 Å². The smallest absolute Gasteiger partial charge is 0.337 e. The van der Waals surface area contributed by atoms with Gasteiger partial charge in [0.1, 0.15) is 5.75 Å². The Labute approximate surface area is 211 Å². The molecule has 180 valence electrons. The van der Waals surface area contributed by atoms with E-state index in [0.717, 1.165) is 15.8 Å². The first-order valence-corrected chi connectivity index (χ1v) is 13.1. The van der Waals surface area contributed by atoms with E-state index in [4.69, 9.17) is 0 Å². The number of aromatic nitrogens is 1. The number of rotatable bonds is 6. The summed E-state index contributed by atoms with van der Waals surface area (Å²) in [5, 5.41) is 13.1. The molecule has 2 N–H and O–H groups in total. The summed E-state index contributed by atoms with van der Waals surface area (Å²) >= 11 is 1.30. The van der Waals surface area contributed by atoms with Gasteiger partial charge in [-0.3, -0.25) is 9.71 Å². The van der Waals surface area contributed by atoms with Crippen LogP contribution in [0.4, 0.5) is 5.69 Å². The number of para-hydroxylation sites is 1. The van der Waals surface area contributed by atoms with Crippen LogP contribution in [0.15, 0.2) is 106 Å². The lowest BCUT2D eigenvalue weighted by molar-refractivity contribution is 0.0600. The second-order valence-electron chi connectivity index (χ2n) is 7.87. The number of methoxy groups -OCH3 is 1. The van der Waals surface area contributed by atoms with Crippen LogP contribution in [0.3, 0.4) is 0 Å². The highest BCUT2D eigenvalue weighted by Gasteiger charge is 2.20. The molecule has 1 aromatic heterocycles. The van der Waals surface area contributed by atoms with Crippen molar-refractivity contribution in [2.24, 2.45) is 0 Å². The van der Waals surface area contributed by atoms with Gasteiger partial charge in [-0.1, -0.05) is 54.2 Å². The van der Waals surface area contributed by atoms with Crippen molar-refractivity contribution in [3.63, 3.8) is 0 Å². The van der Waals surface area contributed by atoms with Crippen LogP contribution in [0.5, 0.6) is 5.75 Å². The maximum Gasteiger partial charge on any atom is 0.337 e. The summed E-state index contributed by atoms with van der Waals surface area (Å²) in [7, 11) is -2.74. The Morgan fingerprint density at radius 2 is 1.64 bits per heavy atom. The molecule has 0 aliphatic carbocycles. The number of pyridine rings is 1. The van der Waals surface area contributed by atoms with Crippen LogP contribution < -0.4 is 4.72 Å². The summed E-state index contributed by atoms with van der Waals surface area (Å²) in [5.74, 6) is -0.505. The van der Waals surface area contributed by atoms with Crippen molar-refractivity contribution in [3.8, 4) is 5.75 Å². The Kier molecular flexibility index (Phi) is 6.26. The zero-order valence-electron chi connectivity index (χ0n) is 19.0. The molecule has 0 fully saturated rings. The number of carbonyl (C=O) groups is 1. The molecule has 36 heavy (non-hydrogen) atoms. The minimum absolute atomic E-state index is 0.0141. The number of nitrogens with one attached hydrogen (secondary N) is 1. The molecule has 5 aromatic rings. The number of nitrogens with zero attached hydrogens (tertiary/aromatic N) is 1. The summed E-state index contributed by atoms with van der Waals surface area (Å²) in [6.07, 6.45) is 1.71. The Bertz CT molecular complexity index is 1710. The number of phenols is 1. The van der Waals surface area contributed by atoms with Crippen molar-refractivity contribution in [3.05, 3.63) is 96.7 Å². The molecule has 0 unspecified atom stereocenters. The zero-order valence-corrected chi connectivity index (χ0v) is 20.6. The fourth-order valence-corrected chi connectivity index (χ4v) is 5.97. The van der Waals surface area contributed by atoms with E-state index in [1.807, 2.05) is 30.3 Å². The third-order valence-electron chi connectivity index (χ3n) is 5.63. The van der Waals surface area contributed by atoms with E-state index in [0.29, 0.717) is 21.4 Å². The Morgan fingerprint density at radius 3 is 2.39 bits per heavy atom. The third kappa shape index (κ3) is 4.46. The first-order valence-electron chi connectivity index (χ1n) is 10.8. The van der Waals surface area contributed by atoms with E-state index in [-0.39, 0.29) is 16.2 Å². The predicted octanol–water partition coefficient (Wildman–Crippen LogP) is 5.83. The number of esters is 1. The minimum Gasteiger partial charge on any atom is -0.506 e. The van der Waals surface area contributed by atoms with Crippen LogP contribution in [-0.4, -0.2) is 31.6 Å². The van der Waals surface area contributed by atoms with Crippen LogP contribution in [0.2, 0.25) is 0 Å². The van der Waals surface area contributed by atoms with Crippen LogP contribution in [0, 0.1) is 0 Å². The van der Waals surface area contributed by atoms with E-state index in [1.165, 1.54) is 43.1 Å². The first-order chi connectivity index (χ1) is 17.4. The van der Waals surface area contributed by atoms with E-state index in [9.17, 15) is 18.3 Å². The molecular formula is C27H20N2O5S2. The van der Waals surface area contributed by atoms with Crippen molar-refractivity contribution >= 4 is 55.1 Å². The van der Waals surface area contributed by atoms with E-state index < -0.39 is 16.0 Å². The van der Waals surface area contributed by atoms with Gasteiger partial charge in [-0.15, -0.1) is 0 Å². The maximum atomic E-state index is 13.2. The molecule has 7 nitrogen and oxygen atoms in total. The second kappa shape index (κ2) is 9.52. The largest absolute Gasteiger partial charge is 0.506 e. The lowest BCUT2D eigenvalue weighted by Crippen LogP contribution is -2.13. The molecule has 4 aromatic carbocycles. The molecule has 0 aliphatic rings. The fraction of sp³-hybridized carbons (Fsp3) is 0.0370. The lowest BCUT2D eigenvalue weighted by Gasteiger charge is -2.15. The van der Waals surface area contributed by atoms with Gasteiger partial charge in [-0.2, -0.15) is 0 Å². The van der Waals surface area contributed by atoms with Gasteiger partial charge in [-0.25, -0.2) is 13.2 Å². The SMILES string of the molecule is COC(=O)c1ccc(S(=O)(=O)Nc2cc(Sc3cccc4cccnc34)c(O)c3ccccc23)cc1. The zero-order chi connectivity index (χ0) is 25.3. The molecule has 9 heteroatoms. The van der Waals surface area contributed by atoms with E-state index in [2.05, 4.69) is 14.4 Å². The van der Waals surface area contributed by atoms with Gasteiger partial charge in [0.15, 0.2) is 0 Å². The van der Waals surface area contributed by atoms with Gasteiger partial charge in [0.25, 0.3) is 10.0 Å². The van der Waals surface area contributed by atoms with Gasteiger partial charge in [0.05, 0.1) is 33.7 Å². The number of aromatic hydroxyl groups is 1.